The predicted molar refractivity (Wildman–Crippen MR) is 407 cm³/mol. The lowest BCUT2D eigenvalue weighted by Crippen LogP contribution is -2.66. The van der Waals surface area contributed by atoms with Gasteiger partial charge in [-0.1, -0.05) is 102 Å². The molecule has 1 heterocycles. The second-order valence-electron chi connectivity index (χ2n) is 27.8. The van der Waals surface area contributed by atoms with E-state index in [-0.39, 0.29) is 36.4 Å². The number of aromatic hydroxyl groups is 1. The van der Waals surface area contributed by atoms with Crippen molar-refractivity contribution >= 4 is 70.9 Å². The van der Waals surface area contributed by atoms with Crippen molar-refractivity contribution in [1.82, 2.24) is 73.8 Å². The molecule has 0 radical (unpaired) electrons. The van der Waals surface area contributed by atoms with Crippen molar-refractivity contribution in [3.63, 3.8) is 0 Å². The molecule has 0 aliphatic rings. The SMILES string of the molecule is CCc1cc(OCCCCN)ccc1-c1ccc(C[C@H](NC(=O)[C@H](CC(=O)O)NC(=O)[C@H](C)NC(=O)[C@@H](NC(=O)[C@](C)(Cc2ccccc2F)NC(=O)[C@@H](NC(=O)CNC(=O)[C@H](Cc2nn[nH]n2)NC(=O)[C@H](C)NC(=O)[C@@H](N)Cc2ccc(O)cc2)[C@@H](C)O)[C@@H](C)O)C(=O)N[C@@H](CCCc2cc(C)cc(C)c2)C(N)=O)cc1. The van der Waals surface area contributed by atoms with Gasteiger partial charge in [0.15, 0.2) is 5.82 Å². The van der Waals surface area contributed by atoms with Crippen LogP contribution in [0.4, 0.5) is 4.39 Å². The molecule has 0 bridgehead atoms. The fourth-order valence-corrected chi connectivity index (χ4v) is 12.0. The number of carboxylic acids is 1. The number of H-pyrrole nitrogens is 1. The van der Waals surface area contributed by atoms with Gasteiger partial charge in [-0.15, -0.1) is 10.2 Å². The lowest BCUT2D eigenvalue weighted by molar-refractivity contribution is -0.142. The first-order chi connectivity index (χ1) is 53.1. The van der Waals surface area contributed by atoms with Crippen LogP contribution >= 0.6 is 0 Å². The van der Waals surface area contributed by atoms with Crippen molar-refractivity contribution in [3.8, 4) is 22.6 Å². The maximum absolute atomic E-state index is 15.5. The number of nitrogens with two attached hydrogens (primary N) is 3. The van der Waals surface area contributed by atoms with E-state index < -0.39 is 175 Å². The molecule has 5 aromatic carbocycles. The fourth-order valence-electron chi connectivity index (χ4n) is 12.0. The molecular weight excluding hydrogens is 1450 g/mol. The third kappa shape index (κ3) is 27.9. The molecule has 0 unspecified atom stereocenters. The molecule has 0 aliphatic heterocycles. The number of carboxylic acid groups (broad SMARTS) is 1. The van der Waals surface area contributed by atoms with Crippen molar-refractivity contribution in [3.05, 3.63) is 160 Å². The van der Waals surface area contributed by atoms with Crippen LogP contribution in [-0.4, -0.2) is 204 Å². The normalized spacial score (nSPS) is 14.7. The molecule has 0 spiro atoms. The van der Waals surface area contributed by atoms with Crippen molar-refractivity contribution in [2.75, 3.05) is 19.7 Å². The van der Waals surface area contributed by atoms with Gasteiger partial charge in [-0.3, -0.25) is 57.5 Å². The van der Waals surface area contributed by atoms with E-state index in [1.54, 1.807) is 24.3 Å². The number of benzene rings is 5. The van der Waals surface area contributed by atoms with Crippen LogP contribution < -0.4 is 75.1 Å². The van der Waals surface area contributed by atoms with Crippen LogP contribution in [0, 0.1) is 19.7 Å². The van der Waals surface area contributed by atoms with Crippen molar-refractivity contribution in [2.45, 2.75) is 198 Å². The zero-order valence-electron chi connectivity index (χ0n) is 63.7. The summed E-state index contributed by atoms with van der Waals surface area (Å²) in [4.78, 5) is 165. The molecule has 21 N–H and O–H groups in total. The molecule has 12 atom stereocenters. The number of phenolic OH excluding ortho intramolecular Hbond substituents is 1. The summed E-state index contributed by atoms with van der Waals surface area (Å²) in [5, 5.41) is 78.9. The van der Waals surface area contributed by atoms with Crippen LogP contribution in [0.5, 0.6) is 11.5 Å². The second kappa shape index (κ2) is 43.0. The highest BCUT2D eigenvalue weighted by molar-refractivity contribution is 6.00. The Hall–Kier alpha value is -11.8. The average molecular weight is 1560 g/mol. The maximum atomic E-state index is 15.5. The Balaban J connectivity index is 1.15. The number of carbonyl (C=O) groups is 12. The number of nitrogens with one attached hydrogen (secondary N) is 11. The zero-order chi connectivity index (χ0) is 82.5. The molecule has 0 fully saturated rings. The Morgan fingerprint density at radius 3 is 1.79 bits per heavy atom. The number of unbranched alkanes of at least 4 members (excludes halogenated alkanes) is 1. The third-order valence-electron chi connectivity index (χ3n) is 18.2. The van der Waals surface area contributed by atoms with Gasteiger partial charge in [-0.2, -0.15) is 5.21 Å². The number of hydrogen-bond donors (Lipinski definition) is 18. The fraction of sp³-hybridized carbons (Fsp3) is 0.442. The second-order valence-corrected chi connectivity index (χ2v) is 27.8. The molecule has 604 valence electrons. The van der Waals surface area contributed by atoms with Crippen LogP contribution in [0.15, 0.2) is 109 Å². The van der Waals surface area contributed by atoms with Crippen molar-refractivity contribution < 1.29 is 87.1 Å². The number of aryl methyl sites for hydroxylation is 4. The molecule has 11 amide bonds. The number of carbonyl (C=O) groups excluding carboxylic acids is 11. The largest absolute Gasteiger partial charge is 0.508 e. The standard InChI is InChI=1S/C77H102FN17O17/c1-9-50-36-54(112-30-13-12-29-79)27-28-55(50)51-23-19-48(20-24-51)35-59(72(107)85-58(67(81)102)18-14-15-49-32-41(2)31-42(3)33-49)88-73(108)61(38-64(100)101)87-69(104)44(5)84-74(109)65(45(6)96)90-76(111)77(8,39-52-16-10-11-17-56(52)78)91-75(110)66(46(7)97)89-63(99)40-82-71(106)60(37-62-92-94-95-93-62)86-68(103)43(4)83-70(105)57(80)34-47-21-25-53(98)26-22-47/h10-11,16-17,19-28,31-33,36,43-46,57-61,65-66,96-98H,9,12-15,18,29-30,34-35,37-40,79-80H2,1-8H3,(H2,81,102)(H,82,106)(H,83,105)(H,84,109)(H,85,107)(H,86,103)(H,87,104)(H,88,108)(H,89,99)(H,90,111)(H,91,110)(H,100,101)(H,92,93,94,95)/t43-,44-,45+,46+,57-,58-,59-,60-,61-,65-,66-,77-/m0/s1. The van der Waals surface area contributed by atoms with E-state index in [0.717, 1.165) is 80.0 Å². The van der Waals surface area contributed by atoms with Gasteiger partial charge in [0.05, 0.1) is 37.8 Å². The Morgan fingerprint density at radius 2 is 1.19 bits per heavy atom. The molecule has 35 heteroatoms. The summed E-state index contributed by atoms with van der Waals surface area (Å²) in [6.45, 7) is 11.7. The summed E-state index contributed by atoms with van der Waals surface area (Å²) in [6.07, 6.45) is -2.67. The highest BCUT2D eigenvalue weighted by Gasteiger charge is 2.42. The highest BCUT2D eigenvalue weighted by atomic mass is 19.1. The molecule has 1 aromatic heterocycles. The molecular formula is C77H102FN17O17. The number of halogens is 1. The molecule has 6 rings (SSSR count). The Bertz CT molecular complexity index is 4230. The number of phenols is 1. The van der Waals surface area contributed by atoms with Gasteiger partial charge >= 0.3 is 5.97 Å². The highest BCUT2D eigenvalue weighted by Crippen LogP contribution is 2.29. The number of aliphatic hydroxyl groups excluding tert-OH is 2. The number of ether oxygens (including phenoxy) is 1. The number of hydrogen-bond acceptors (Lipinski definition) is 21. The molecule has 0 saturated carbocycles. The van der Waals surface area contributed by atoms with Crippen molar-refractivity contribution in [1.29, 1.82) is 0 Å². The average Bonchev–Trinajstić information content (AvgIpc) is 0.988. The molecule has 0 saturated heterocycles. The zero-order valence-corrected chi connectivity index (χ0v) is 63.7. The minimum Gasteiger partial charge on any atom is -0.508 e. The quantitative estimate of drug-likeness (QED) is 0.0210. The van der Waals surface area contributed by atoms with Gasteiger partial charge in [-0.25, -0.2) is 4.39 Å². The van der Waals surface area contributed by atoms with Crippen LogP contribution in [0.2, 0.25) is 0 Å². The minimum absolute atomic E-state index is 0.00334. The Kier molecular flexibility index (Phi) is 34.2. The van der Waals surface area contributed by atoms with E-state index in [1.165, 1.54) is 37.3 Å². The number of aliphatic hydroxyl groups is 2. The lowest BCUT2D eigenvalue weighted by Gasteiger charge is -2.34. The minimum atomic E-state index is -2.36. The number of amides is 11. The summed E-state index contributed by atoms with van der Waals surface area (Å²) in [6, 6.07) is 15.5. The Labute approximate surface area is 646 Å². The smallest absolute Gasteiger partial charge is 0.305 e. The van der Waals surface area contributed by atoms with Gasteiger partial charge in [0.1, 0.15) is 71.2 Å². The summed E-state index contributed by atoms with van der Waals surface area (Å²) in [7, 11) is 0. The number of aromatic nitrogens is 4. The van der Waals surface area contributed by atoms with Crippen molar-refractivity contribution in [2.24, 2.45) is 17.2 Å². The van der Waals surface area contributed by atoms with Gasteiger partial charge in [0.2, 0.25) is 65.0 Å². The van der Waals surface area contributed by atoms with Gasteiger partial charge in [0.25, 0.3) is 0 Å². The number of tetrazole rings is 1. The van der Waals surface area contributed by atoms with Crippen LogP contribution in [0.25, 0.3) is 11.1 Å². The van der Waals surface area contributed by atoms with Crippen LogP contribution in [-0.2, 0) is 96.1 Å². The maximum Gasteiger partial charge on any atom is 0.305 e. The number of aromatic amines is 1. The first kappa shape index (κ1) is 89.1. The number of primary amides is 1. The molecule has 112 heavy (non-hydrogen) atoms. The lowest BCUT2D eigenvalue weighted by atomic mass is 9.90. The number of aliphatic carboxylic acids is 1. The van der Waals surface area contributed by atoms with E-state index in [9.17, 15) is 78.0 Å². The molecule has 6 aromatic rings. The van der Waals surface area contributed by atoms with E-state index >= 15 is 4.39 Å². The monoisotopic (exact) mass is 1560 g/mol. The summed E-state index contributed by atoms with van der Waals surface area (Å²) in [5.74, 6) is -13.6. The first-order valence-corrected chi connectivity index (χ1v) is 36.6. The van der Waals surface area contributed by atoms with Crippen LogP contribution in [0.1, 0.15) is 118 Å². The third-order valence-corrected chi connectivity index (χ3v) is 18.2. The summed E-state index contributed by atoms with van der Waals surface area (Å²) in [5.41, 5.74) is 21.9. The molecule has 0 aliphatic carbocycles. The summed E-state index contributed by atoms with van der Waals surface area (Å²) < 4.78 is 21.5. The first-order valence-electron chi connectivity index (χ1n) is 36.6. The van der Waals surface area contributed by atoms with E-state index in [4.69, 9.17) is 21.9 Å². The molecule has 34 nitrogen and oxygen atoms in total. The van der Waals surface area contributed by atoms with E-state index in [0.29, 0.717) is 49.3 Å². The summed E-state index contributed by atoms with van der Waals surface area (Å²) >= 11 is 0. The number of nitrogens with zero attached hydrogens (tertiary/aromatic N) is 3. The Morgan fingerprint density at radius 1 is 0.607 bits per heavy atom. The topological polar surface area (TPSA) is 548 Å². The predicted octanol–water partition coefficient (Wildman–Crippen LogP) is -0.740. The van der Waals surface area contributed by atoms with Gasteiger partial charge in [0, 0.05) is 19.3 Å². The van der Waals surface area contributed by atoms with E-state index in [1.807, 2.05) is 69.3 Å². The van der Waals surface area contributed by atoms with Gasteiger partial charge < -0.3 is 95.5 Å². The van der Waals surface area contributed by atoms with Gasteiger partial charge in [-0.05, 0) is 169 Å². The van der Waals surface area contributed by atoms with Crippen LogP contribution in [0.3, 0.4) is 0 Å². The number of rotatable bonds is 44. The van der Waals surface area contributed by atoms with E-state index in [2.05, 4.69) is 73.8 Å².